The normalized spacial score (nSPS) is 15.5. The van der Waals surface area contributed by atoms with Crippen molar-refractivity contribution in [3.05, 3.63) is 65.9 Å². The minimum atomic E-state index is -3.50. The third kappa shape index (κ3) is 3.51. The van der Waals surface area contributed by atoms with Crippen molar-refractivity contribution in [2.24, 2.45) is 0 Å². The summed E-state index contributed by atoms with van der Waals surface area (Å²) in [6, 6.07) is 16.4. The lowest BCUT2D eigenvalue weighted by atomic mass is 10.1. The average Bonchev–Trinajstić information content (AvgIpc) is 3.26. The van der Waals surface area contributed by atoms with Gasteiger partial charge in [0, 0.05) is 12.1 Å². The first-order valence-corrected chi connectivity index (χ1v) is 10.9. The number of benzene rings is 2. The van der Waals surface area contributed by atoms with Gasteiger partial charge in [0.15, 0.2) is 0 Å². The van der Waals surface area contributed by atoms with Crippen LogP contribution in [0.25, 0.3) is 11.3 Å². The van der Waals surface area contributed by atoms with Crippen LogP contribution in [0.2, 0.25) is 0 Å². The maximum absolute atomic E-state index is 13.2. The van der Waals surface area contributed by atoms with Crippen LogP contribution in [0.3, 0.4) is 0 Å². The first-order chi connectivity index (χ1) is 13.9. The molecule has 1 aromatic heterocycles. The molecule has 1 amide bonds. The molecule has 7 nitrogen and oxygen atoms in total. The van der Waals surface area contributed by atoms with Gasteiger partial charge in [-0.15, -0.1) is 0 Å². The Bertz CT molecular complexity index is 1170. The maximum atomic E-state index is 13.2. The van der Waals surface area contributed by atoms with E-state index in [1.807, 2.05) is 37.3 Å². The molecule has 0 saturated carbocycles. The second-order valence-electron chi connectivity index (χ2n) is 6.90. The number of carbonyl (C=O) groups excluding carboxylic acids is 1. The van der Waals surface area contributed by atoms with Crippen molar-refractivity contribution in [2.75, 3.05) is 12.9 Å². The lowest BCUT2D eigenvalue weighted by molar-refractivity contribution is 0.0930. The highest BCUT2D eigenvalue weighted by molar-refractivity contribution is 7.91. The van der Waals surface area contributed by atoms with Gasteiger partial charge in [0.2, 0.25) is 15.0 Å². The molecule has 1 unspecified atom stereocenters. The fourth-order valence-electron chi connectivity index (χ4n) is 3.47. The minimum absolute atomic E-state index is 0.0533. The molecule has 0 spiro atoms. The summed E-state index contributed by atoms with van der Waals surface area (Å²) in [5.74, 6) is 0.181. The number of hydrogen-bond acceptors (Lipinski definition) is 5. The van der Waals surface area contributed by atoms with Gasteiger partial charge in [0.25, 0.3) is 5.91 Å². The Kier molecular flexibility index (Phi) is 4.87. The number of sulfone groups is 1. The third-order valence-corrected chi connectivity index (χ3v) is 6.59. The first-order valence-electron chi connectivity index (χ1n) is 9.24. The number of nitrogens with zero attached hydrogens (tertiary/aromatic N) is 2. The fraction of sp³-hybridized carbons (Fsp3) is 0.238. The smallest absolute Gasteiger partial charge is 0.270 e. The van der Waals surface area contributed by atoms with E-state index in [1.165, 1.54) is 4.57 Å². The van der Waals surface area contributed by atoms with Gasteiger partial charge in [-0.1, -0.05) is 42.5 Å². The Balaban J connectivity index is 1.78. The number of aromatic nitrogens is 2. The van der Waals surface area contributed by atoms with E-state index in [2.05, 4.69) is 10.3 Å². The molecule has 0 bridgehead atoms. The SMILES string of the molecule is COc1cccc(-c2nc3n(c2C(=O)NC(C)c2ccccc2)CCS3(=O)=O)c1. The van der Waals surface area contributed by atoms with Gasteiger partial charge in [0.1, 0.15) is 17.1 Å². The van der Waals surface area contributed by atoms with Crippen molar-refractivity contribution < 1.29 is 17.9 Å². The van der Waals surface area contributed by atoms with E-state index < -0.39 is 9.84 Å². The predicted octanol–water partition coefficient (Wildman–Crippen LogP) is 2.84. The van der Waals surface area contributed by atoms with Crippen molar-refractivity contribution in [1.82, 2.24) is 14.9 Å². The minimum Gasteiger partial charge on any atom is -0.497 e. The zero-order valence-corrected chi connectivity index (χ0v) is 16.9. The lowest BCUT2D eigenvalue weighted by Gasteiger charge is -2.15. The third-order valence-electron chi connectivity index (χ3n) is 5.00. The van der Waals surface area contributed by atoms with E-state index in [9.17, 15) is 13.2 Å². The van der Waals surface area contributed by atoms with Gasteiger partial charge in [-0.25, -0.2) is 13.4 Å². The quantitative estimate of drug-likeness (QED) is 0.697. The molecule has 150 valence electrons. The van der Waals surface area contributed by atoms with Crippen LogP contribution >= 0.6 is 0 Å². The van der Waals surface area contributed by atoms with Crippen LogP contribution in [-0.2, 0) is 16.4 Å². The number of carbonyl (C=O) groups is 1. The second-order valence-corrected chi connectivity index (χ2v) is 8.90. The van der Waals surface area contributed by atoms with Crippen LogP contribution < -0.4 is 10.1 Å². The topological polar surface area (TPSA) is 90.3 Å². The van der Waals surface area contributed by atoms with Crippen molar-refractivity contribution in [1.29, 1.82) is 0 Å². The van der Waals surface area contributed by atoms with Crippen molar-refractivity contribution in [2.45, 2.75) is 24.7 Å². The molecule has 2 aromatic carbocycles. The Morgan fingerprint density at radius 3 is 2.66 bits per heavy atom. The lowest BCUT2D eigenvalue weighted by Crippen LogP contribution is -2.29. The highest BCUT2D eigenvalue weighted by atomic mass is 32.2. The van der Waals surface area contributed by atoms with Gasteiger partial charge < -0.3 is 14.6 Å². The summed E-state index contributed by atoms with van der Waals surface area (Å²) in [7, 11) is -1.96. The number of methoxy groups -OCH3 is 1. The average molecular weight is 411 g/mol. The molecule has 1 aliphatic heterocycles. The van der Waals surface area contributed by atoms with E-state index in [1.54, 1.807) is 31.4 Å². The number of hydrogen-bond donors (Lipinski definition) is 1. The van der Waals surface area contributed by atoms with Crippen LogP contribution in [-0.4, -0.2) is 36.7 Å². The van der Waals surface area contributed by atoms with Gasteiger partial charge in [-0.3, -0.25) is 4.79 Å². The molecule has 1 aliphatic rings. The molecule has 1 N–H and O–H groups in total. The van der Waals surface area contributed by atoms with Crippen LogP contribution in [0.4, 0.5) is 0 Å². The molecule has 0 radical (unpaired) electrons. The molecular formula is C21H21N3O4S. The Morgan fingerprint density at radius 1 is 1.17 bits per heavy atom. The van der Waals surface area contributed by atoms with Crippen molar-refractivity contribution in [3.8, 4) is 17.0 Å². The van der Waals surface area contributed by atoms with E-state index in [0.29, 0.717) is 17.0 Å². The molecule has 0 fully saturated rings. The summed E-state index contributed by atoms with van der Waals surface area (Å²) >= 11 is 0. The van der Waals surface area contributed by atoms with Crippen LogP contribution in [0.5, 0.6) is 5.75 Å². The predicted molar refractivity (Wildman–Crippen MR) is 109 cm³/mol. The summed E-state index contributed by atoms with van der Waals surface area (Å²) in [6.07, 6.45) is 0. The number of imidazole rings is 1. The van der Waals surface area contributed by atoms with E-state index in [0.717, 1.165) is 5.56 Å². The van der Waals surface area contributed by atoms with Crippen molar-refractivity contribution in [3.63, 3.8) is 0 Å². The number of ether oxygens (including phenoxy) is 1. The standard InChI is InChI=1S/C21H21N3O4S/c1-14(15-7-4-3-5-8-15)22-20(25)19-18(16-9-6-10-17(13-16)28-2)23-21-24(19)11-12-29(21,26)27/h3-10,13-14H,11-12H2,1-2H3,(H,22,25). The zero-order valence-electron chi connectivity index (χ0n) is 16.1. The number of nitrogens with one attached hydrogen (secondary N) is 1. The molecular weight excluding hydrogens is 390 g/mol. The van der Waals surface area contributed by atoms with Gasteiger partial charge in [-0.2, -0.15) is 0 Å². The molecule has 4 rings (SSSR count). The fourth-order valence-corrected chi connectivity index (χ4v) is 4.83. The molecule has 0 aliphatic carbocycles. The molecule has 2 heterocycles. The van der Waals surface area contributed by atoms with Gasteiger partial charge >= 0.3 is 0 Å². The summed E-state index contributed by atoms with van der Waals surface area (Å²) in [4.78, 5) is 17.6. The summed E-state index contributed by atoms with van der Waals surface area (Å²) < 4.78 is 31.6. The largest absolute Gasteiger partial charge is 0.497 e. The zero-order chi connectivity index (χ0) is 20.6. The summed E-state index contributed by atoms with van der Waals surface area (Å²) in [5, 5.41) is 2.91. The molecule has 29 heavy (non-hydrogen) atoms. The van der Waals surface area contributed by atoms with Crippen LogP contribution in [0, 0.1) is 0 Å². The summed E-state index contributed by atoms with van der Waals surface area (Å²) in [6.45, 7) is 2.09. The highest BCUT2D eigenvalue weighted by Crippen LogP contribution is 2.32. The van der Waals surface area contributed by atoms with Crippen molar-refractivity contribution >= 4 is 15.7 Å². The monoisotopic (exact) mass is 411 g/mol. The van der Waals surface area contributed by atoms with E-state index in [-0.39, 0.29) is 35.1 Å². The van der Waals surface area contributed by atoms with Crippen LogP contribution in [0.15, 0.2) is 59.8 Å². The highest BCUT2D eigenvalue weighted by Gasteiger charge is 2.35. The number of amides is 1. The van der Waals surface area contributed by atoms with Crippen LogP contribution in [0.1, 0.15) is 29.0 Å². The Labute approximate surface area is 169 Å². The van der Waals surface area contributed by atoms with Gasteiger partial charge in [0.05, 0.1) is 18.9 Å². The molecule has 1 atom stereocenters. The Hall–Kier alpha value is -3.13. The first kappa shape index (κ1) is 19.2. The molecule has 8 heteroatoms. The summed E-state index contributed by atoms with van der Waals surface area (Å²) in [5.41, 5.74) is 2.16. The second kappa shape index (κ2) is 7.36. The molecule has 0 saturated heterocycles. The number of rotatable bonds is 5. The van der Waals surface area contributed by atoms with E-state index >= 15 is 0 Å². The van der Waals surface area contributed by atoms with E-state index in [4.69, 9.17) is 4.74 Å². The van der Waals surface area contributed by atoms with Gasteiger partial charge in [-0.05, 0) is 24.6 Å². The number of fused-ring (bicyclic) bond motifs is 1. The molecule has 3 aromatic rings. The Morgan fingerprint density at radius 2 is 1.93 bits per heavy atom. The maximum Gasteiger partial charge on any atom is 0.270 e.